The second-order valence-corrected chi connectivity index (χ2v) is 19.5. The number of primary amides is 2. The Morgan fingerprint density at radius 2 is 1.26 bits per heavy atom. The summed E-state index contributed by atoms with van der Waals surface area (Å²) < 4.78 is 0. The molecule has 0 radical (unpaired) electrons. The summed E-state index contributed by atoms with van der Waals surface area (Å²) in [5, 5.41) is 21.7. The van der Waals surface area contributed by atoms with Crippen molar-refractivity contribution < 1.29 is 47.9 Å². The number of aromatic nitrogens is 3. The summed E-state index contributed by atoms with van der Waals surface area (Å²) >= 11 is 1.47. The van der Waals surface area contributed by atoms with E-state index in [1.165, 1.54) is 31.2 Å². The molecule has 0 unspecified atom stereocenters. The van der Waals surface area contributed by atoms with Crippen molar-refractivity contribution in [1.29, 1.82) is 0 Å². The van der Waals surface area contributed by atoms with Crippen LogP contribution in [0.5, 0.6) is 0 Å². The van der Waals surface area contributed by atoms with Crippen molar-refractivity contribution in [3.63, 3.8) is 0 Å². The maximum atomic E-state index is 14.1. The number of benzene rings is 2. The number of nitrogens with one attached hydrogen (secondary N) is 10. The molecule has 74 heavy (non-hydrogen) atoms. The maximum absolute atomic E-state index is 14.1. The van der Waals surface area contributed by atoms with Gasteiger partial charge in [-0.3, -0.25) is 47.9 Å². The van der Waals surface area contributed by atoms with E-state index in [0.717, 1.165) is 10.9 Å². The molecule has 400 valence electrons. The molecule has 0 aliphatic heterocycles. The van der Waals surface area contributed by atoms with Crippen LogP contribution in [0.25, 0.3) is 10.9 Å². The molecule has 0 aliphatic carbocycles. The SMILES string of the molecule is CSCC[C@H](NC(=O)[C@H](CC(C)C)NC(=O)[C@H](Cc1cnc[nH]1)NC(=O)CNC(=O)[C@@H](NC(=O)[C@H](C)NC(=O)[C@H](Cc1c[nH]c2ccccc12)NC(=O)[C@H](CCC(N)=O)NC(=O)c1ccccc1)C(C)C)C(N)=O. The molecule has 10 amide bonds. The third-order valence-corrected chi connectivity index (χ3v) is 12.4. The second-order valence-electron chi connectivity index (χ2n) is 18.5. The number of nitrogens with zero attached hydrogens (tertiary/aromatic N) is 1. The molecule has 2 heterocycles. The highest BCUT2D eigenvalue weighted by Crippen LogP contribution is 2.20. The largest absolute Gasteiger partial charge is 0.370 e. The molecule has 23 nitrogen and oxygen atoms in total. The molecule has 14 N–H and O–H groups in total. The Morgan fingerprint density at radius 3 is 1.89 bits per heavy atom. The molecule has 2 aromatic heterocycles. The highest BCUT2D eigenvalue weighted by atomic mass is 32.2. The van der Waals surface area contributed by atoms with Crippen LogP contribution in [0.1, 0.15) is 81.9 Å². The van der Waals surface area contributed by atoms with Crippen LogP contribution in [0.3, 0.4) is 0 Å². The van der Waals surface area contributed by atoms with Gasteiger partial charge >= 0.3 is 0 Å². The van der Waals surface area contributed by atoms with E-state index in [1.807, 2.05) is 38.3 Å². The second kappa shape index (κ2) is 29.1. The standard InChI is InChI=1S/C50H69N13O10S/c1-27(2)20-37(48(71)59-35(43(52)66)18-19-74-6)61-49(72)39(22-32-24-53-26-56-32)58-41(65)25-55-50(73)42(28(3)4)63-44(67)29(5)57-47(70)38(21-31-23-54-34-15-11-10-14-33(31)34)62-46(69)36(16-17-40(51)64)60-45(68)30-12-8-7-9-13-30/h7-15,23-24,26-29,35-39,42,54H,16-22,25H2,1-6H3,(H2,51,64)(H2,52,66)(H,53,56)(H,55,73)(H,57,70)(H,58,65)(H,59,71)(H,60,68)(H,61,72)(H,62,69)(H,63,67)/t29-,35-,36-,37-,38-,39-,42-/m0/s1. The van der Waals surface area contributed by atoms with Crippen LogP contribution in [0.4, 0.5) is 0 Å². The third-order valence-electron chi connectivity index (χ3n) is 11.7. The molecular formula is C50H69N13O10S. The lowest BCUT2D eigenvalue weighted by Gasteiger charge is -2.26. The number of imidazole rings is 1. The Balaban J connectivity index is 1.44. The van der Waals surface area contributed by atoms with Gasteiger partial charge in [0.05, 0.1) is 12.9 Å². The monoisotopic (exact) mass is 1040 g/mol. The molecule has 0 aliphatic rings. The molecule has 0 bridgehead atoms. The van der Waals surface area contributed by atoms with Gasteiger partial charge in [-0.05, 0) is 73.8 Å². The fourth-order valence-electron chi connectivity index (χ4n) is 7.70. The highest BCUT2D eigenvalue weighted by Gasteiger charge is 2.33. The fraction of sp³-hybridized carbons (Fsp3) is 0.460. The predicted octanol–water partition coefficient (Wildman–Crippen LogP) is -0.274. The summed E-state index contributed by atoms with van der Waals surface area (Å²) in [4.78, 5) is 143. The van der Waals surface area contributed by atoms with Gasteiger partial charge in [-0.2, -0.15) is 11.8 Å². The van der Waals surface area contributed by atoms with Gasteiger partial charge < -0.3 is 64.0 Å². The summed E-state index contributed by atoms with van der Waals surface area (Å²) in [7, 11) is 0. The van der Waals surface area contributed by atoms with E-state index in [4.69, 9.17) is 11.5 Å². The molecule has 4 aromatic rings. The molecule has 0 fully saturated rings. The lowest BCUT2D eigenvalue weighted by Crippen LogP contribution is -2.59. The Bertz CT molecular complexity index is 2570. The number of aromatic amines is 2. The van der Waals surface area contributed by atoms with Crippen molar-refractivity contribution >= 4 is 81.7 Å². The van der Waals surface area contributed by atoms with Gasteiger partial charge in [-0.1, -0.05) is 64.1 Å². The van der Waals surface area contributed by atoms with Crippen molar-refractivity contribution in [2.45, 2.75) is 115 Å². The number of hydrogen-bond acceptors (Lipinski definition) is 12. The number of fused-ring (bicyclic) bond motifs is 1. The van der Waals surface area contributed by atoms with Crippen LogP contribution in [0.15, 0.2) is 73.3 Å². The fourth-order valence-corrected chi connectivity index (χ4v) is 8.17. The third kappa shape index (κ3) is 18.7. The van der Waals surface area contributed by atoms with E-state index in [2.05, 4.69) is 57.5 Å². The molecule has 7 atom stereocenters. The lowest BCUT2D eigenvalue weighted by molar-refractivity contribution is -0.135. The highest BCUT2D eigenvalue weighted by molar-refractivity contribution is 7.98. The van der Waals surface area contributed by atoms with Crippen molar-refractivity contribution in [1.82, 2.24) is 57.5 Å². The average Bonchev–Trinajstić information content (AvgIpc) is 4.04. The van der Waals surface area contributed by atoms with E-state index in [9.17, 15) is 47.9 Å². The van der Waals surface area contributed by atoms with Gasteiger partial charge in [0, 0.05) is 53.8 Å². The first-order valence-electron chi connectivity index (χ1n) is 24.2. The van der Waals surface area contributed by atoms with Gasteiger partial charge in [0.2, 0.25) is 53.2 Å². The zero-order valence-electron chi connectivity index (χ0n) is 42.4. The van der Waals surface area contributed by atoms with Crippen molar-refractivity contribution in [3.8, 4) is 0 Å². The average molecular weight is 1040 g/mol. The van der Waals surface area contributed by atoms with E-state index < -0.39 is 114 Å². The predicted molar refractivity (Wildman–Crippen MR) is 277 cm³/mol. The van der Waals surface area contributed by atoms with Crippen LogP contribution < -0.4 is 54.0 Å². The molecule has 4 rings (SSSR count). The van der Waals surface area contributed by atoms with Crippen LogP contribution in [-0.4, -0.2) is 135 Å². The summed E-state index contributed by atoms with van der Waals surface area (Å²) in [5.74, 6) is -7.40. The summed E-state index contributed by atoms with van der Waals surface area (Å²) in [5.41, 5.74) is 13.1. The number of H-pyrrole nitrogens is 2. The summed E-state index contributed by atoms with van der Waals surface area (Å²) in [6, 6.07) is 6.89. The van der Waals surface area contributed by atoms with Crippen LogP contribution >= 0.6 is 11.8 Å². The minimum absolute atomic E-state index is 0.0711. The minimum Gasteiger partial charge on any atom is -0.370 e. The number of para-hydroxylation sites is 1. The molecule has 0 spiro atoms. The zero-order chi connectivity index (χ0) is 54.5. The van der Waals surface area contributed by atoms with Crippen LogP contribution in [-0.2, 0) is 56.0 Å². The minimum atomic E-state index is -1.33. The van der Waals surface area contributed by atoms with E-state index in [1.54, 1.807) is 56.4 Å². The van der Waals surface area contributed by atoms with Gasteiger partial charge in [-0.25, -0.2) is 4.98 Å². The van der Waals surface area contributed by atoms with E-state index >= 15 is 0 Å². The summed E-state index contributed by atoms with van der Waals surface area (Å²) in [6.45, 7) is 7.72. The van der Waals surface area contributed by atoms with Crippen molar-refractivity contribution in [3.05, 3.63) is 90.1 Å². The van der Waals surface area contributed by atoms with Crippen molar-refractivity contribution in [2.75, 3.05) is 18.6 Å². The smallest absolute Gasteiger partial charge is 0.251 e. The van der Waals surface area contributed by atoms with Gasteiger partial charge in [0.15, 0.2) is 0 Å². The molecule has 0 saturated heterocycles. The van der Waals surface area contributed by atoms with Crippen LogP contribution in [0.2, 0.25) is 0 Å². The first kappa shape index (κ1) is 58.8. The number of nitrogens with two attached hydrogens (primary N) is 2. The maximum Gasteiger partial charge on any atom is 0.251 e. The van der Waals surface area contributed by atoms with E-state index in [0.29, 0.717) is 17.0 Å². The van der Waals surface area contributed by atoms with Gasteiger partial charge in [0.25, 0.3) is 5.91 Å². The molecule has 0 saturated carbocycles. The zero-order valence-corrected chi connectivity index (χ0v) is 43.2. The lowest BCUT2D eigenvalue weighted by atomic mass is 10.0. The quantitative estimate of drug-likeness (QED) is 0.0321. The molecule has 2 aromatic carbocycles. The molecular weight excluding hydrogens is 975 g/mol. The van der Waals surface area contributed by atoms with Crippen molar-refractivity contribution in [2.24, 2.45) is 23.3 Å². The summed E-state index contributed by atoms with van der Waals surface area (Å²) in [6.07, 6.45) is 6.24. The Hall–Kier alpha value is -7.76. The normalized spacial score (nSPS) is 14.0. The number of rotatable bonds is 30. The molecule has 24 heteroatoms. The first-order valence-corrected chi connectivity index (χ1v) is 25.6. The first-order chi connectivity index (χ1) is 35.2. The van der Waals surface area contributed by atoms with Crippen LogP contribution in [0, 0.1) is 11.8 Å². The number of carbonyl (C=O) groups is 10. The van der Waals surface area contributed by atoms with E-state index in [-0.39, 0.29) is 50.0 Å². The number of hydrogen-bond donors (Lipinski definition) is 12. The number of amides is 10. The van der Waals surface area contributed by atoms with Gasteiger partial charge in [0.1, 0.15) is 42.3 Å². The number of carbonyl (C=O) groups excluding carboxylic acids is 10. The Kier molecular flexibility index (Phi) is 23.1. The van der Waals surface area contributed by atoms with Gasteiger partial charge in [-0.15, -0.1) is 0 Å². The Morgan fingerprint density at radius 1 is 0.635 bits per heavy atom. The topological polar surface area (TPSA) is 363 Å². The Labute approximate surface area is 433 Å². The number of thioether (sulfide) groups is 1.